The molecular formula is C21H23N3O3. The summed E-state index contributed by atoms with van der Waals surface area (Å²) >= 11 is 0. The minimum absolute atomic E-state index is 0.154. The normalized spacial score (nSPS) is 16.3. The van der Waals surface area contributed by atoms with Gasteiger partial charge < -0.3 is 4.74 Å². The summed E-state index contributed by atoms with van der Waals surface area (Å²) in [6.45, 7) is 2.45. The molecule has 2 amide bonds. The van der Waals surface area contributed by atoms with Gasteiger partial charge in [-0.1, -0.05) is 48.0 Å². The Kier molecular flexibility index (Phi) is 6.20. The van der Waals surface area contributed by atoms with Crippen molar-refractivity contribution in [2.24, 2.45) is 4.99 Å². The Hall–Kier alpha value is -3.15. The van der Waals surface area contributed by atoms with Crippen LogP contribution >= 0.6 is 0 Å². The van der Waals surface area contributed by atoms with Gasteiger partial charge in [0.15, 0.2) is 0 Å². The SMILES string of the molecule is Cc1ccc(C2CC(=O)NC(NC(=O)CCCOc3ccccc3)=N2)cc1. The summed E-state index contributed by atoms with van der Waals surface area (Å²) in [6, 6.07) is 17.1. The second-order valence-electron chi connectivity index (χ2n) is 6.47. The zero-order valence-electron chi connectivity index (χ0n) is 15.3. The molecule has 2 aromatic carbocycles. The molecule has 2 N–H and O–H groups in total. The van der Waals surface area contributed by atoms with Crippen molar-refractivity contribution in [1.82, 2.24) is 10.6 Å². The lowest BCUT2D eigenvalue weighted by Gasteiger charge is -2.21. The summed E-state index contributed by atoms with van der Waals surface area (Å²) in [5.41, 5.74) is 2.10. The zero-order valence-corrected chi connectivity index (χ0v) is 15.3. The number of guanidine groups is 1. The molecule has 0 radical (unpaired) electrons. The van der Waals surface area contributed by atoms with Crippen molar-refractivity contribution in [1.29, 1.82) is 0 Å². The minimum atomic E-state index is -0.281. The van der Waals surface area contributed by atoms with E-state index in [1.165, 1.54) is 0 Å². The van der Waals surface area contributed by atoms with E-state index in [2.05, 4.69) is 15.6 Å². The highest BCUT2D eigenvalue weighted by Crippen LogP contribution is 2.23. The number of nitrogens with one attached hydrogen (secondary N) is 2. The van der Waals surface area contributed by atoms with Gasteiger partial charge in [-0.2, -0.15) is 0 Å². The predicted molar refractivity (Wildman–Crippen MR) is 103 cm³/mol. The van der Waals surface area contributed by atoms with E-state index in [1.54, 1.807) is 0 Å². The van der Waals surface area contributed by atoms with Crippen molar-refractivity contribution in [3.05, 3.63) is 65.7 Å². The average Bonchev–Trinajstić information content (AvgIpc) is 2.66. The third-order valence-corrected chi connectivity index (χ3v) is 4.20. The molecule has 1 atom stereocenters. The molecule has 0 bridgehead atoms. The van der Waals surface area contributed by atoms with Crippen LogP contribution in [0.4, 0.5) is 0 Å². The van der Waals surface area contributed by atoms with Crippen LogP contribution in [0.5, 0.6) is 5.75 Å². The van der Waals surface area contributed by atoms with Gasteiger partial charge in [-0.3, -0.25) is 20.2 Å². The summed E-state index contributed by atoms with van der Waals surface area (Å²) in [7, 11) is 0. The lowest BCUT2D eigenvalue weighted by Crippen LogP contribution is -2.47. The topological polar surface area (TPSA) is 79.8 Å². The van der Waals surface area contributed by atoms with E-state index in [4.69, 9.17) is 4.74 Å². The fourth-order valence-electron chi connectivity index (χ4n) is 2.77. The van der Waals surface area contributed by atoms with Crippen molar-refractivity contribution in [3.63, 3.8) is 0 Å². The molecule has 0 saturated carbocycles. The summed E-state index contributed by atoms with van der Waals surface area (Å²) in [4.78, 5) is 28.5. The molecule has 140 valence electrons. The van der Waals surface area contributed by atoms with Crippen LogP contribution in [0.1, 0.15) is 36.4 Å². The van der Waals surface area contributed by atoms with Gasteiger partial charge in [-0.05, 0) is 31.0 Å². The second-order valence-corrected chi connectivity index (χ2v) is 6.47. The third kappa shape index (κ3) is 5.67. The number of carbonyl (C=O) groups is 2. The molecular weight excluding hydrogens is 342 g/mol. The first-order chi connectivity index (χ1) is 13.1. The Bertz CT molecular complexity index is 816. The summed E-state index contributed by atoms with van der Waals surface area (Å²) in [5, 5.41) is 5.31. The first kappa shape index (κ1) is 18.6. The Morgan fingerprint density at radius 2 is 1.93 bits per heavy atom. The summed E-state index contributed by atoms with van der Waals surface area (Å²) in [6.07, 6.45) is 1.13. The molecule has 27 heavy (non-hydrogen) atoms. The monoisotopic (exact) mass is 365 g/mol. The van der Waals surface area contributed by atoms with Crippen molar-refractivity contribution in [3.8, 4) is 5.75 Å². The number of aliphatic imine (C=N–C) groups is 1. The lowest BCUT2D eigenvalue weighted by molar-refractivity contribution is -0.120. The van der Waals surface area contributed by atoms with Crippen LogP contribution in [-0.4, -0.2) is 24.4 Å². The highest BCUT2D eigenvalue weighted by atomic mass is 16.5. The van der Waals surface area contributed by atoms with Crippen LogP contribution in [0.25, 0.3) is 0 Å². The number of benzene rings is 2. The van der Waals surface area contributed by atoms with Crippen LogP contribution in [-0.2, 0) is 9.59 Å². The van der Waals surface area contributed by atoms with E-state index < -0.39 is 0 Å². The Morgan fingerprint density at radius 1 is 1.19 bits per heavy atom. The molecule has 1 unspecified atom stereocenters. The van der Waals surface area contributed by atoms with Crippen molar-refractivity contribution in [2.75, 3.05) is 6.61 Å². The molecule has 0 fully saturated rings. The minimum Gasteiger partial charge on any atom is -0.494 e. The zero-order chi connectivity index (χ0) is 19.1. The maximum Gasteiger partial charge on any atom is 0.229 e. The quantitative estimate of drug-likeness (QED) is 0.773. The molecule has 0 spiro atoms. The molecule has 1 heterocycles. The van der Waals surface area contributed by atoms with Crippen LogP contribution in [0.2, 0.25) is 0 Å². The van der Waals surface area contributed by atoms with Crippen molar-refractivity contribution < 1.29 is 14.3 Å². The van der Waals surface area contributed by atoms with Crippen LogP contribution < -0.4 is 15.4 Å². The molecule has 1 aliphatic heterocycles. The first-order valence-corrected chi connectivity index (χ1v) is 9.02. The molecule has 3 rings (SSSR count). The first-order valence-electron chi connectivity index (χ1n) is 9.02. The number of para-hydroxylation sites is 1. The Balaban J connectivity index is 1.50. The average molecular weight is 365 g/mol. The van der Waals surface area contributed by atoms with Gasteiger partial charge in [-0.15, -0.1) is 0 Å². The number of amides is 2. The maximum atomic E-state index is 12.1. The van der Waals surface area contributed by atoms with Crippen LogP contribution in [0, 0.1) is 6.92 Å². The van der Waals surface area contributed by atoms with Crippen molar-refractivity contribution in [2.45, 2.75) is 32.2 Å². The van der Waals surface area contributed by atoms with Gasteiger partial charge >= 0.3 is 0 Å². The number of carbonyl (C=O) groups excluding carboxylic acids is 2. The van der Waals surface area contributed by atoms with Gasteiger partial charge in [0.2, 0.25) is 17.8 Å². The van der Waals surface area contributed by atoms with Gasteiger partial charge in [0.05, 0.1) is 19.1 Å². The number of ether oxygens (including phenoxy) is 1. The second kappa shape index (κ2) is 8.98. The van der Waals surface area contributed by atoms with E-state index in [0.29, 0.717) is 13.0 Å². The fourth-order valence-corrected chi connectivity index (χ4v) is 2.77. The van der Waals surface area contributed by atoms with Gasteiger partial charge in [0.1, 0.15) is 5.75 Å². The van der Waals surface area contributed by atoms with E-state index in [9.17, 15) is 9.59 Å². The van der Waals surface area contributed by atoms with E-state index >= 15 is 0 Å². The fraction of sp³-hybridized carbons (Fsp3) is 0.286. The Labute approximate surface area is 158 Å². The molecule has 0 aromatic heterocycles. The largest absolute Gasteiger partial charge is 0.494 e. The molecule has 6 nitrogen and oxygen atoms in total. The standard InChI is InChI=1S/C21H23N3O3/c1-15-9-11-16(12-10-15)18-14-20(26)24-21(22-18)23-19(25)8-5-13-27-17-6-3-2-4-7-17/h2-4,6-7,9-12,18H,5,8,13-14H2,1H3,(H2,22,23,24,25,26). The van der Waals surface area contributed by atoms with Gasteiger partial charge in [0.25, 0.3) is 0 Å². The van der Waals surface area contributed by atoms with E-state index in [-0.39, 0.29) is 36.7 Å². The van der Waals surface area contributed by atoms with Gasteiger partial charge in [-0.25, -0.2) is 4.99 Å². The Morgan fingerprint density at radius 3 is 2.67 bits per heavy atom. The third-order valence-electron chi connectivity index (χ3n) is 4.20. The highest BCUT2D eigenvalue weighted by Gasteiger charge is 2.23. The number of rotatable bonds is 6. The number of aryl methyl sites for hydroxylation is 1. The smallest absolute Gasteiger partial charge is 0.229 e. The number of hydrogen-bond acceptors (Lipinski definition) is 4. The molecule has 2 aromatic rings. The number of nitrogens with zero attached hydrogens (tertiary/aromatic N) is 1. The van der Waals surface area contributed by atoms with E-state index in [0.717, 1.165) is 16.9 Å². The molecule has 6 heteroatoms. The van der Waals surface area contributed by atoms with E-state index in [1.807, 2.05) is 61.5 Å². The lowest BCUT2D eigenvalue weighted by atomic mass is 10.0. The summed E-state index contributed by atoms with van der Waals surface area (Å²) in [5.74, 6) is 0.641. The highest BCUT2D eigenvalue weighted by molar-refractivity contribution is 6.06. The molecule has 1 aliphatic rings. The summed E-state index contributed by atoms with van der Waals surface area (Å²) < 4.78 is 5.57. The van der Waals surface area contributed by atoms with Crippen molar-refractivity contribution >= 4 is 17.8 Å². The van der Waals surface area contributed by atoms with Crippen LogP contribution in [0.3, 0.4) is 0 Å². The van der Waals surface area contributed by atoms with Gasteiger partial charge in [0, 0.05) is 6.42 Å². The number of hydrogen-bond donors (Lipinski definition) is 2. The van der Waals surface area contributed by atoms with Crippen LogP contribution in [0.15, 0.2) is 59.6 Å². The molecule has 0 aliphatic carbocycles. The predicted octanol–water partition coefficient (Wildman–Crippen LogP) is 2.89. The maximum absolute atomic E-state index is 12.1. The molecule has 0 saturated heterocycles.